The molecule has 2 aromatic rings. The summed E-state index contributed by atoms with van der Waals surface area (Å²) in [6.07, 6.45) is 1.71. The van der Waals surface area contributed by atoms with E-state index in [1.54, 1.807) is 6.20 Å². The van der Waals surface area contributed by atoms with Crippen LogP contribution in [0.15, 0.2) is 6.20 Å². The van der Waals surface area contributed by atoms with Gasteiger partial charge in [-0.05, 0) is 12.2 Å². The topological polar surface area (TPSA) is 60.6 Å². The zero-order valence-corrected chi connectivity index (χ0v) is 8.14. The highest BCUT2D eigenvalue weighted by molar-refractivity contribution is 7.71. The van der Waals surface area contributed by atoms with Gasteiger partial charge in [0.1, 0.15) is 5.52 Å². The Balaban J connectivity index is 2.68. The van der Waals surface area contributed by atoms with E-state index >= 15 is 0 Å². The highest BCUT2D eigenvalue weighted by atomic mass is 32.1. The Hall–Kier alpha value is -1.43. The number of aromatic nitrogens is 4. The van der Waals surface area contributed by atoms with Crippen molar-refractivity contribution in [3.8, 4) is 0 Å². The second kappa shape index (κ2) is 2.81. The standard InChI is InChI=1S/C7H9N5S/c1-12(2)6-8-3-4-5(10-6)11-7(13)9-4/h3H,1-2H3,(H2,8,9,10,11,13). The third kappa shape index (κ3) is 1.40. The van der Waals surface area contributed by atoms with E-state index in [2.05, 4.69) is 19.9 Å². The van der Waals surface area contributed by atoms with E-state index in [1.807, 2.05) is 19.0 Å². The number of anilines is 1. The van der Waals surface area contributed by atoms with Crippen LogP contribution in [0, 0.1) is 4.77 Å². The molecule has 2 heterocycles. The van der Waals surface area contributed by atoms with Crippen molar-refractivity contribution in [3.63, 3.8) is 0 Å². The fraction of sp³-hybridized carbons (Fsp3) is 0.286. The molecule has 68 valence electrons. The van der Waals surface area contributed by atoms with Crippen molar-refractivity contribution in [1.29, 1.82) is 0 Å². The molecule has 0 saturated carbocycles. The van der Waals surface area contributed by atoms with Crippen LogP contribution < -0.4 is 4.90 Å². The monoisotopic (exact) mass is 195 g/mol. The first-order valence-corrected chi connectivity index (χ1v) is 4.20. The molecular weight excluding hydrogens is 186 g/mol. The first kappa shape index (κ1) is 8.18. The van der Waals surface area contributed by atoms with E-state index in [-0.39, 0.29) is 0 Å². The summed E-state index contributed by atoms with van der Waals surface area (Å²) in [6, 6.07) is 0. The Labute approximate surface area is 79.8 Å². The third-order valence-corrected chi connectivity index (χ3v) is 1.86. The van der Waals surface area contributed by atoms with Crippen molar-refractivity contribution < 1.29 is 0 Å². The molecular formula is C7H9N5S. The summed E-state index contributed by atoms with van der Waals surface area (Å²) in [5.41, 5.74) is 1.57. The Morgan fingerprint density at radius 3 is 2.85 bits per heavy atom. The molecule has 0 spiro atoms. The maximum Gasteiger partial charge on any atom is 0.226 e. The maximum absolute atomic E-state index is 4.93. The van der Waals surface area contributed by atoms with Gasteiger partial charge in [0.05, 0.1) is 6.20 Å². The van der Waals surface area contributed by atoms with Gasteiger partial charge in [-0.2, -0.15) is 4.98 Å². The molecule has 0 aliphatic heterocycles. The fourth-order valence-corrected chi connectivity index (χ4v) is 1.24. The van der Waals surface area contributed by atoms with E-state index in [1.165, 1.54) is 0 Å². The van der Waals surface area contributed by atoms with Crippen LogP contribution in [0.4, 0.5) is 5.95 Å². The summed E-state index contributed by atoms with van der Waals surface area (Å²) in [7, 11) is 3.78. The summed E-state index contributed by atoms with van der Waals surface area (Å²) in [4.78, 5) is 16.1. The van der Waals surface area contributed by atoms with Gasteiger partial charge in [-0.1, -0.05) is 0 Å². The minimum atomic E-state index is 0.570. The second-order valence-electron chi connectivity index (χ2n) is 2.91. The fourth-order valence-electron chi connectivity index (χ4n) is 1.04. The van der Waals surface area contributed by atoms with E-state index in [0.717, 1.165) is 11.2 Å². The lowest BCUT2D eigenvalue weighted by Crippen LogP contribution is -2.12. The van der Waals surface area contributed by atoms with Crippen LogP contribution in [0.5, 0.6) is 0 Å². The molecule has 6 heteroatoms. The molecule has 5 nitrogen and oxygen atoms in total. The van der Waals surface area contributed by atoms with Gasteiger partial charge in [-0.3, -0.25) is 0 Å². The number of nitrogens with one attached hydrogen (secondary N) is 2. The predicted octanol–water partition coefficient (Wildman–Crippen LogP) is 1.08. The molecule has 13 heavy (non-hydrogen) atoms. The lowest BCUT2D eigenvalue weighted by molar-refractivity contribution is 1.01. The normalized spacial score (nSPS) is 10.6. The molecule has 2 N–H and O–H groups in total. The Morgan fingerprint density at radius 1 is 1.38 bits per heavy atom. The number of nitrogens with zero attached hydrogens (tertiary/aromatic N) is 3. The van der Waals surface area contributed by atoms with Crippen molar-refractivity contribution in [2.75, 3.05) is 19.0 Å². The zero-order valence-electron chi connectivity index (χ0n) is 7.33. The zero-order chi connectivity index (χ0) is 9.42. The van der Waals surface area contributed by atoms with Gasteiger partial charge in [-0.25, -0.2) is 4.98 Å². The molecule has 0 unspecified atom stereocenters. The summed E-state index contributed by atoms with van der Waals surface area (Å²) in [5.74, 6) is 0.665. The second-order valence-corrected chi connectivity index (χ2v) is 3.31. The number of hydrogen-bond acceptors (Lipinski definition) is 4. The highest BCUT2D eigenvalue weighted by Crippen LogP contribution is 2.09. The van der Waals surface area contributed by atoms with Crippen LogP contribution in [-0.4, -0.2) is 34.0 Å². The van der Waals surface area contributed by atoms with Crippen LogP contribution in [0.1, 0.15) is 0 Å². The highest BCUT2D eigenvalue weighted by Gasteiger charge is 2.02. The van der Waals surface area contributed by atoms with E-state index in [4.69, 9.17) is 12.2 Å². The number of H-pyrrole nitrogens is 2. The van der Waals surface area contributed by atoms with E-state index in [0.29, 0.717) is 10.7 Å². The van der Waals surface area contributed by atoms with Gasteiger partial charge >= 0.3 is 0 Å². The first-order valence-electron chi connectivity index (χ1n) is 3.79. The lowest BCUT2D eigenvalue weighted by atomic mass is 10.5. The molecule has 0 amide bonds. The molecule has 0 radical (unpaired) electrons. The number of rotatable bonds is 1. The average molecular weight is 195 g/mol. The van der Waals surface area contributed by atoms with Gasteiger partial charge in [0.2, 0.25) is 5.95 Å². The maximum atomic E-state index is 4.93. The summed E-state index contributed by atoms with van der Waals surface area (Å²) in [6.45, 7) is 0. The van der Waals surface area contributed by atoms with Crippen LogP contribution in [0.25, 0.3) is 11.2 Å². The summed E-state index contributed by atoms with van der Waals surface area (Å²) < 4.78 is 0.570. The number of imidazole rings is 1. The van der Waals surface area contributed by atoms with Crippen LogP contribution in [0.3, 0.4) is 0 Å². The number of aromatic amines is 2. The van der Waals surface area contributed by atoms with Crippen molar-refractivity contribution >= 4 is 29.3 Å². The van der Waals surface area contributed by atoms with E-state index < -0.39 is 0 Å². The van der Waals surface area contributed by atoms with Gasteiger partial charge < -0.3 is 14.9 Å². The summed E-state index contributed by atoms with van der Waals surface area (Å²) in [5, 5.41) is 0. The Kier molecular flexibility index (Phi) is 1.77. The molecule has 0 fully saturated rings. The lowest BCUT2D eigenvalue weighted by Gasteiger charge is -2.07. The average Bonchev–Trinajstić information content (AvgIpc) is 2.42. The van der Waals surface area contributed by atoms with E-state index in [9.17, 15) is 0 Å². The molecule has 0 aliphatic carbocycles. The molecule has 2 rings (SSSR count). The van der Waals surface area contributed by atoms with Gasteiger partial charge in [-0.15, -0.1) is 0 Å². The number of hydrogen-bond donors (Lipinski definition) is 2. The van der Waals surface area contributed by atoms with Crippen molar-refractivity contribution in [2.24, 2.45) is 0 Å². The Bertz CT molecular complexity index is 483. The SMILES string of the molecule is CN(C)c1ncc2[nH]c(=S)[nH]c2n1. The van der Waals surface area contributed by atoms with Crippen molar-refractivity contribution in [3.05, 3.63) is 11.0 Å². The molecule has 2 aromatic heterocycles. The largest absolute Gasteiger partial charge is 0.347 e. The minimum absolute atomic E-state index is 0.570. The smallest absolute Gasteiger partial charge is 0.226 e. The number of fused-ring (bicyclic) bond motifs is 1. The van der Waals surface area contributed by atoms with Gasteiger partial charge in [0.25, 0.3) is 0 Å². The molecule has 0 saturated heterocycles. The van der Waals surface area contributed by atoms with Gasteiger partial charge in [0, 0.05) is 14.1 Å². The van der Waals surface area contributed by atoms with Crippen LogP contribution >= 0.6 is 12.2 Å². The minimum Gasteiger partial charge on any atom is -0.347 e. The quantitative estimate of drug-likeness (QED) is 0.668. The van der Waals surface area contributed by atoms with Crippen LogP contribution in [-0.2, 0) is 0 Å². The van der Waals surface area contributed by atoms with Crippen LogP contribution in [0.2, 0.25) is 0 Å². The Morgan fingerprint density at radius 2 is 2.15 bits per heavy atom. The van der Waals surface area contributed by atoms with Crippen molar-refractivity contribution in [1.82, 2.24) is 19.9 Å². The predicted molar refractivity (Wildman–Crippen MR) is 53.4 cm³/mol. The first-order chi connectivity index (χ1) is 6.16. The van der Waals surface area contributed by atoms with Crippen molar-refractivity contribution in [2.45, 2.75) is 0 Å². The third-order valence-electron chi connectivity index (χ3n) is 1.66. The van der Waals surface area contributed by atoms with Gasteiger partial charge in [0.15, 0.2) is 10.4 Å². The molecule has 0 aromatic carbocycles. The molecule has 0 bridgehead atoms. The molecule has 0 aliphatic rings. The summed E-state index contributed by atoms with van der Waals surface area (Å²) >= 11 is 4.93. The molecule has 0 atom stereocenters.